The van der Waals surface area contributed by atoms with Crippen molar-refractivity contribution in [3.63, 3.8) is 0 Å². The fourth-order valence-corrected chi connectivity index (χ4v) is 6.79. The maximum atomic E-state index is 13.9. The molecule has 14 heteroatoms. The van der Waals surface area contributed by atoms with Gasteiger partial charge < -0.3 is 20.3 Å². The number of ether oxygens (including phenoxy) is 1. The summed E-state index contributed by atoms with van der Waals surface area (Å²) in [6, 6.07) is 7.12. The largest absolute Gasteiger partial charge is 0.445 e. The second kappa shape index (κ2) is 17.3. The van der Waals surface area contributed by atoms with Crippen molar-refractivity contribution in [1.29, 1.82) is 0 Å². The number of thioether (sulfide) groups is 1. The van der Waals surface area contributed by atoms with Crippen LogP contribution in [0.1, 0.15) is 42.4 Å². The van der Waals surface area contributed by atoms with Gasteiger partial charge in [0.1, 0.15) is 6.04 Å². The maximum absolute atomic E-state index is 13.9. The van der Waals surface area contributed by atoms with E-state index in [-0.39, 0.29) is 5.91 Å². The van der Waals surface area contributed by atoms with Gasteiger partial charge in [0.05, 0.1) is 11.6 Å². The summed E-state index contributed by atoms with van der Waals surface area (Å²) < 4.78 is 47.4. The molecular weight excluding hydrogens is 662 g/mol. The van der Waals surface area contributed by atoms with E-state index in [9.17, 15) is 22.8 Å². The minimum absolute atomic E-state index is 0.0699. The predicted octanol–water partition coefficient (Wildman–Crippen LogP) is 5.50. The zero-order valence-electron chi connectivity index (χ0n) is 26.9. The van der Waals surface area contributed by atoms with Gasteiger partial charge in [-0.1, -0.05) is 42.6 Å². The van der Waals surface area contributed by atoms with Crippen LogP contribution < -0.4 is 16.0 Å². The van der Waals surface area contributed by atoms with Crippen molar-refractivity contribution in [2.75, 3.05) is 64.2 Å². The first kappa shape index (κ1) is 38.2. The Balaban J connectivity index is 1.86. The Bertz CT molecular complexity index is 1330. The molecule has 1 aliphatic rings. The fourth-order valence-electron chi connectivity index (χ4n) is 5.55. The number of hydrogen-bond donors (Lipinski definition) is 2. The van der Waals surface area contributed by atoms with Crippen LogP contribution in [0.2, 0.25) is 10.0 Å². The predicted molar refractivity (Wildman–Crippen MR) is 181 cm³/mol. The third kappa shape index (κ3) is 9.90. The van der Waals surface area contributed by atoms with Crippen LogP contribution in [0.5, 0.6) is 0 Å². The topological polar surface area (TPSA) is 91.1 Å². The highest BCUT2D eigenvalue weighted by Crippen LogP contribution is 2.38. The van der Waals surface area contributed by atoms with Crippen LogP contribution in [0.4, 0.5) is 18.9 Å². The van der Waals surface area contributed by atoms with E-state index in [0.717, 1.165) is 24.1 Å². The number of hydrogen-bond acceptors (Lipinski definition) is 8. The number of piperazine rings is 1. The summed E-state index contributed by atoms with van der Waals surface area (Å²) in [6.45, 7) is 3.44. The van der Waals surface area contributed by atoms with Gasteiger partial charge in [0.2, 0.25) is 5.91 Å². The van der Waals surface area contributed by atoms with Crippen molar-refractivity contribution in [1.82, 2.24) is 15.1 Å². The Kier molecular flexibility index (Phi) is 14.3. The van der Waals surface area contributed by atoms with E-state index in [4.69, 9.17) is 33.7 Å². The Morgan fingerprint density at radius 1 is 1.11 bits per heavy atom. The van der Waals surface area contributed by atoms with Gasteiger partial charge in [0.15, 0.2) is 6.23 Å². The van der Waals surface area contributed by atoms with Crippen LogP contribution in [0, 0.1) is 0 Å². The van der Waals surface area contributed by atoms with Gasteiger partial charge in [-0.15, -0.1) is 0 Å². The standard InChI is InChI=1S/C32H44Cl2F3N5O3S/c1-6-7-28(39-2)45-31(44)29(38)24(19-46-5)23-17-21(32(35,36)37)9-11-26(23)41-12-14-42(15-13-41)30(43)27(40(3)4)16-20-8-10-22(33)18-25(20)34/h8-11,17-18,24,27-29,39H,6-7,12-16,19,38H2,1-5H3. The Hall–Kier alpha value is -2.22. The second-order valence-electron chi connectivity index (χ2n) is 11.6. The summed E-state index contributed by atoms with van der Waals surface area (Å²) in [6.07, 6.45) is -1.59. The number of halogens is 5. The molecule has 4 atom stereocenters. The molecule has 46 heavy (non-hydrogen) atoms. The van der Waals surface area contributed by atoms with Gasteiger partial charge in [-0.25, -0.2) is 0 Å². The molecule has 1 fully saturated rings. The van der Waals surface area contributed by atoms with Crippen LogP contribution in [-0.2, 0) is 26.9 Å². The molecule has 0 saturated carbocycles. The van der Waals surface area contributed by atoms with Crippen LogP contribution >= 0.6 is 35.0 Å². The molecule has 0 bridgehead atoms. The maximum Gasteiger partial charge on any atom is 0.416 e. The monoisotopic (exact) mass is 705 g/mol. The normalized spacial score (nSPS) is 16.7. The van der Waals surface area contributed by atoms with Gasteiger partial charge >= 0.3 is 12.1 Å². The van der Waals surface area contributed by atoms with Gasteiger partial charge in [0.25, 0.3) is 0 Å². The molecule has 1 saturated heterocycles. The van der Waals surface area contributed by atoms with E-state index in [1.54, 1.807) is 24.1 Å². The lowest BCUT2D eigenvalue weighted by Crippen LogP contribution is -2.54. The number of carbonyl (C=O) groups is 2. The molecule has 1 amide bonds. The number of anilines is 1. The molecule has 0 radical (unpaired) electrons. The van der Waals surface area contributed by atoms with Crippen molar-refractivity contribution in [2.24, 2.45) is 5.73 Å². The van der Waals surface area contributed by atoms with E-state index in [2.05, 4.69) is 5.32 Å². The van der Waals surface area contributed by atoms with Crippen molar-refractivity contribution in [2.45, 2.75) is 56.6 Å². The van der Waals surface area contributed by atoms with E-state index in [1.165, 1.54) is 17.8 Å². The molecule has 1 heterocycles. The number of benzene rings is 2. The molecule has 2 aromatic carbocycles. The summed E-state index contributed by atoms with van der Waals surface area (Å²) >= 11 is 13.8. The summed E-state index contributed by atoms with van der Waals surface area (Å²) in [4.78, 5) is 32.4. The molecule has 0 aliphatic carbocycles. The minimum Gasteiger partial charge on any atom is -0.445 e. The SMILES string of the molecule is CCCC(NC)OC(=O)C(N)C(CSC)c1cc(C(F)(F)F)ccc1N1CCN(C(=O)C(Cc2ccc(Cl)cc2Cl)N(C)C)CC1. The number of carbonyl (C=O) groups excluding carboxylic acids is 2. The minimum atomic E-state index is -4.58. The van der Waals surface area contributed by atoms with Crippen molar-refractivity contribution in [3.05, 3.63) is 63.1 Å². The van der Waals surface area contributed by atoms with Crippen LogP contribution in [0.3, 0.4) is 0 Å². The molecule has 2 aromatic rings. The molecule has 256 valence electrons. The lowest BCUT2D eigenvalue weighted by atomic mass is 9.90. The smallest absolute Gasteiger partial charge is 0.416 e. The summed E-state index contributed by atoms with van der Waals surface area (Å²) in [5.41, 5.74) is 7.32. The highest BCUT2D eigenvalue weighted by molar-refractivity contribution is 7.98. The Morgan fingerprint density at radius 3 is 2.33 bits per heavy atom. The Morgan fingerprint density at radius 2 is 1.78 bits per heavy atom. The average molecular weight is 707 g/mol. The molecule has 3 N–H and O–H groups in total. The lowest BCUT2D eigenvalue weighted by Gasteiger charge is -2.40. The molecule has 3 rings (SSSR count). The molecular formula is C32H44Cl2F3N5O3S. The average Bonchev–Trinajstić information content (AvgIpc) is 3.01. The number of alkyl halides is 3. The number of amides is 1. The van der Waals surface area contributed by atoms with Crippen LogP contribution in [0.25, 0.3) is 0 Å². The highest BCUT2D eigenvalue weighted by Gasteiger charge is 2.37. The van der Waals surface area contributed by atoms with Crippen molar-refractivity contribution < 1.29 is 27.5 Å². The fraction of sp³-hybridized carbons (Fsp3) is 0.562. The second-order valence-corrected chi connectivity index (χ2v) is 13.3. The molecule has 0 aromatic heterocycles. The number of nitrogens with zero attached hydrogens (tertiary/aromatic N) is 3. The lowest BCUT2D eigenvalue weighted by molar-refractivity contribution is -0.153. The first-order valence-corrected chi connectivity index (χ1v) is 17.3. The first-order valence-electron chi connectivity index (χ1n) is 15.2. The van der Waals surface area contributed by atoms with Gasteiger partial charge in [-0.05, 0) is 81.7 Å². The number of nitrogens with two attached hydrogens (primary N) is 1. The number of rotatable bonds is 14. The molecule has 1 aliphatic heterocycles. The highest BCUT2D eigenvalue weighted by atomic mass is 35.5. The van der Waals surface area contributed by atoms with Crippen molar-refractivity contribution >= 4 is 52.5 Å². The number of nitrogens with one attached hydrogen (secondary N) is 1. The van der Waals surface area contributed by atoms with Crippen LogP contribution in [0.15, 0.2) is 36.4 Å². The third-order valence-electron chi connectivity index (χ3n) is 8.21. The summed E-state index contributed by atoms with van der Waals surface area (Å²) in [5.74, 6) is -1.19. The van der Waals surface area contributed by atoms with E-state index >= 15 is 0 Å². The van der Waals surface area contributed by atoms with Gasteiger partial charge in [-0.3, -0.25) is 19.8 Å². The molecule has 0 spiro atoms. The Labute approximate surface area is 284 Å². The molecule has 4 unspecified atom stereocenters. The number of likely N-dealkylation sites (N-methyl/N-ethyl adjacent to an activating group) is 1. The zero-order chi connectivity index (χ0) is 34.2. The van der Waals surface area contributed by atoms with E-state index in [1.807, 2.05) is 43.1 Å². The van der Waals surface area contributed by atoms with Gasteiger partial charge in [-0.2, -0.15) is 24.9 Å². The first-order chi connectivity index (χ1) is 21.7. The van der Waals surface area contributed by atoms with E-state index < -0.39 is 41.9 Å². The van der Waals surface area contributed by atoms with Crippen LogP contribution in [-0.4, -0.2) is 99.3 Å². The summed E-state index contributed by atoms with van der Waals surface area (Å²) in [5, 5.41) is 3.93. The van der Waals surface area contributed by atoms with Gasteiger partial charge in [0, 0.05) is 53.6 Å². The van der Waals surface area contributed by atoms with E-state index in [0.29, 0.717) is 66.1 Å². The quantitative estimate of drug-likeness (QED) is 0.197. The third-order valence-corrected chi connectivity index (χ3v) is 9.49. The number of esters is 1. The van der Waals surface area contributed by atoms with Crippen molar-refractivity contribution in [3.8, 4) is 0 Å². The molecule has 8 nitrogen and oxygen atoms in total. The zero-order valence-corrected chi connectivity index (χ0v) is 29.2. The summed E-state index contributed by atoms with van der Waals surface area (Å²) in [7, 11) is 5.33.